The van der Waals surface area contributed by atoms with E-state index in [0.717, 1.165) is 17.2 Å². The van der Waals surface area contributed by atoms with Crippen LogP contribution in [0.1, 0.15) is 38.7 Å². The first kappa shape index (κ1) is 22.6. The van der Waals surface area contributed by atoms with E-state index in [4.69, 9.17) is 0 Å². The molecular weight excluding hydrogens is 402 g/mol. The summed E-state index contributed by atoms with van der Waals surface area (Å²) in [6.45, 7) is 4.79. The molecule has 0 spiro atoms. The van der Waals surface area contributed by atoms with E-state index in [1.54, 1.807) is 11.8 Å². The summed E-state index contributed by atoms with van der Waals surface area (Å²) in [4.78, 5) is 39.7. The third-order valence-electron chi connectivity index (χ3n) is 6.10. The second-order valence-electron chi connectivity index (χ2n) is 8.63. The van der Waals surface area contributed by atoms with E-state index in [-0.39, 0.29) is 23.8 Å². The SMILES string of the molecule is CC(C)C[C@@H](NC(=O)C1(c2ccccc2)CCN(C(=O)[C@H]2CSC[NH2+]2)CC1)C(=O)[O-]. The Morgan fingerprint density at radius 3 is 2.43 bits per heavy atom. The Morgan fingerprint density at radius 2 is 1.90 bits per heavy atom. The molecule has 2 atom stereocenters. The molecule has 0 bridgehead atoms. The standard InChI is InChI=1S/C22H31N3O4S/c1-15(2)12-17(20(27)28)24-21(29)22(16-6-4-3-5-7-16)8-10-25(11-9-22)19(26)18-13-30-14-23-18/h3-7,15,17-18,23H,8-14H2,1-2H3,(H,24,29)(H,27,28)/t17-,18-/m1/s1. The Hall–Kier alpha value is -2.06. The third kappa shape index (κ3) is 4.98. The van der Waals surface area contributed by atoms with Gasteiger partial charge in [-0.25, -0.2) is 0 Å². The maximum absolute atomic E-state index is 13.4. The molecular formula is C22H31N3O4S. The summed E-state index contributed by atoms with van der Waals surface area (Å²) in [5, 5.41) is 16.4. The van der Waals surface area contributed by atoms with Gasteiger partial charge < -0.3 is 25.4 Å². The molecule has 0 saturated carbocycles. The molecule has 2 aliphatic heterocycles. The van der Waals surface area contributed by atoms with Crippen molar-refractivity contribution in [1.29, 1.82) is 0 Å². The number of piperidine rings is 1. The molecule has 164 valence electrons. The molecule has 2 saturated heterocycles. The van der Waals surface area contributed by atoms with E-state index in [9.17, 15) is 19.5 Å². The smallest absolute Gasteiger partial charge is 0.281 e. The molecule has 3 rings (SSSR count). The number of quaternary nitrogens is 1. The maximum atomic E-state index is 13.4. The van der Waals surface area contributed by atoms with Crippen LogP contribution in [-0.2, 0) is 19.8 Å². The van der Waals surface area contributed by atoms with Gasteiger partial charge in [0, 0.05) is 13.1 Å². The molecule has 2 amide bonds. The van der Waals surface area contributed by atoms with E-state index in [0.29, 0.717) is 32.4 Å². The summed E-state index contributed by atoms with van der Waals surface area (Å²) >= 11 is 1.76. The number of carbonyl (C=O) groups is 3. The quantitative estimate of drug-likeness (QED) is 0.601. The highest BCUT2D eigenvalue weighted by Crippen LogP contribution is 2.36. The average Bonchev–Trinajstić information content (AvgIpc) is 3.28. The molecule has 0 radical (unpaired) electrons. The fourth-order valence-electron chi connectivity index (χ4n) is 4.35. The Kier molecular flexibility index (Phi) is 7.41. The first-order chi connectivity index (χ1) is 14.3. The number of hydrogen-bond acceptors (Lipinski definition) is 5. The van der Waals surface area contributed by atoms with Gasteiger partial charge in [0.2, 0.25) is 5.91 Å². The molecule has 2 heterocycles. The normalized spacial score (nSPS) is 22.0. The zero-order chi connectivity index (χ0) is 21.7. The van der Waals surface area contributed by atoms with Crippen LogP contribution in [0.2, 0.25) is 0 Å². The molecule has 0 aliphatic carbocycles. The zero-order valence-electron chi connectivity index (χ0n) is 17.6. The van der Waals surface area contributed by atoms with E-state index >= 15 is 0 Å². The highest BCUT2D eigenvalue weighted by atomic mass is 32.2. The van der Waals surface area contributed by atoms with Crippen LogP contribution in [0.25, 0.3) is 0 Å². The second-order valence-corrected chi connectivity index (χ2v) is 9.70. The lowest BCUT2D eigenvalue weighted by Gasteiger charge is -2.42. The van der Waals surface area contributed by atoms with Gasteiger partial charge in [-0.15, -0.1) is 0 Å². The van der Waals surface area contributed by atoms with Crippen LogP contribution in [-0.4, -0.2) is 59.5 Å². The highest BCUT2D eigenvalue weighted by Gasteiger charge is 2.45. The minimum absolute atomic E-state index is 0.0402. The lowest BCUT2D eigenvalue weighted by Crippen LogP contribution is -2.89. The van der Waals surface area contributed by atoms with Gasteiger partial charge in [0.05, 0.1) is 23.2 Å². The lowest BCUT2D eigenvalue weighted by atomic mass is 9.71. The second kappa shape index (κ2) is 9.83. The summed E-state index contributed by atoms with van der Waals surface area (Å²) < 4.78 is 0. The van der Waals surface area contributed by atoms with E-state index in [2.05, 4.69) is 10.6 Å². The van der Waals surface area contributed by atoms with Crippen LogP contribution in [0.15, 0.2) is 30.3 Å². The lowest BCUT2D eigenvalue weighted by molar-refractivity contribution is -0.649. The van der Waals surface area contributed by atoms with Gasteiger partial charge in [0.1, 0.15) is 5.88 Å². The van der Waals surface area contributed by atoms with Crippen molar-refractivity contribution in [2.75, 3.05) is 24.7 Å². The number of nitrogens with one attached hydrogen (secondary N) is 1. The van der Waals surface area contributed by atoms with Crippen LogP contribution in [0.4, 0.5) is 0 Å². The van der Waals surface area contributed by atoms with Crippen molar-refractivity contribution in [3.05, 3.63) is 35.9 Å². The molecule has 2 fully saturated rings. The fraction of sp³-hybridized carbons (Fsp3) is 0.591. The number of hydrogen-bond donors (Lipinski definition) is 2. The zero-order valence-corrected chi connectivity index (χ0v) is 18.5. The number of aliphatic carboxylic acids is 1. The number of carboxylic acids is 1. The average molecular weight is 434 g/mol. The minimum atomic E-state index is -1.26. The van der Waals surface area contributed by atoms with Crippen molar-refractivity contribution >= 4 is 29.5 Å². The number of carbonyl (C=O) groups excluding carboxylic acids is 3. The van der Waals surface area contributed by atoms with Crippen molar-refractivity contribution in [1.82, 2.24) is 10.2 Å². The number of rotatable bonds is 7. The predicted molar refractivity (Wildman–Crippen MR) is 113 cm³/mol. The van der Waals surface area contributed by atoms with E-state index in [1.165, 1.54) is 0 Å². The molecule has 7 nitrogen and oxygen atoms in total. The first-order valence-electron chi connectivity index (χ1n) is 10.6. The van der Waals surface area contributed by atoms with E-state index < -0.39 is 17.4 Å². The number of carboxylic acid groups (broad SMARTS) is 1. The summed E-state index contributed by atoms with van der Waals surface area (Å²) in [7, 11) is 0. The predicted octanol–water partition coefficient (Wildman–Crippen LogP) is -0.536. The fourth-order valence-corrected chi connectivity index (χ4v) is 5.39. The Labute approximate surface area is 182 Å². The maximum Gasteiger partial charge on any atom is 0.281 e. The number of thioether (sulfide) groups is 1. The minimum Gasteiger partial charge on any atom is -0.548 e. The number of likely N-dealkylation sites (tertiary alicyclic amines) is 1. The Morgan fingerprint density at radius 1 is 1.23 bits per heavy atom. The first-order valence-corrected chi connectivity index (χ1v) is 11.8. The summed E-state index contributed by atoms with van der Waals surface area (Å²) in [5.41, 5.74) is 0.0101. The summed E-state index contributed by atoms with van der Waals surface area (Å²) in [6, 6.07) is 8.42. The number of benzene rings is 1. The molecule has 1 aromatic carbocycles. The van der Waals surface area contributed by atoms with Crippen molar-refractivity contribution < 1.29 is 24.8 Å². The van der Waals surface area contributed by atoms with Gasteiger partial charge in [0.25, 0.3) is 5.91 Å². The van der Waals surface area contributed by atoms with Crippen LogP contribution in [0.5, 0.6) is 0 Å². The number of nitrogens with zero attached hydrogens (tertiary/aromatic N) is 1. The topological polar surface area (TPSA) is 106 Å². The molecule has 2 aliphatic rings. The van der Waals surface area contributed by atoms with Crippen molar-refractivity contribution in [3.8, 4) is 0 Å². The van der Waals surface area contributed by atoms with Gasteiger partial charge in [-0.2, -0.15) is 0 Å². The summed E-state index contributed by atoms with van der Waals surface area (Å²) in [5.74, 6) is 0.416. The monoisotopic (exact) mass is 433 g/mol. The highest BCUT2D eigenvalue weighted by molar-refractivity contribution is 7.99. The van der Waals surface area contributed by atoms with Gasteiger partial charge in [-0.05, 0) is 30.7 Å². The Balaban J connectivity index is 1.79. The Bertz CT molecular complexity index is 757. The summed E-state index contributed by atoms with van der Waals surface area (Å²) in [6.07, 6.45) is 1.25. The van der Waals surface area contributed by atoms with Crippen LogP contribution >= 0.6 is 11.8 Å². The molecule has 30 heavy (non-hydrogen) atoms. The largest absolute Gasteiger partial charge is 0.548 e. The van der Waals surface area contributed by atoms with E-state index in [1.807, 2.05) is 49.1 Å². The number of nitrogens with two attached hydrogens (primary N) is 1. The third-order valence-corrected chi connectivity index (χ3v) is 7.12. The van der Waals surface area contributed by atoms with Crippen molar-refractivity contribution in [3.63, 3.8) is 0 Å². The number of amides is 2. The van der Waals surface area contributed by atoms with Crippen molar-refractivity contribution in [2.45, 2.75) is 50.6 Å². The van der Waals surface area contributed by atoms with Gasteiger partial charge in [0.15, 0.2) is 6.04 Å². The molecule has 0 aromatic heterocycles. The van der Waals surface area contributed by atoms with Gasteiger partial charge in [-0.1, -0.05) is 55.9 Å². The van der Waals surface area contributed by atoms with Gasteiger partial charge in [-0.3, -0.25) is 9.59 Å². The molecule has 8 heteroatoms. The van der Waals surface area contributed by atoms with Crippen molar-refractivity contribution in [2.24, 2.45) is 5.92 Å². The van der Waals surface area contributed by atoms with Crippen LogP contribution in [0.3, 0.4) is 0 Å². The van der Waals surface area contributed by atoms with Crippen LogP contribution < -0.4 is 15.7 Å². The van der Waals surface area contributed by atoms with Gasteiger partial charge >= 0.3 is 0 Å². The molecule has 3 N–H and O–H groups in total. The molecule has 0 unspecified atom stereocenters. The molecule has 1 aromatic rings. The van der Waals surface area contributed by atoms with Crippen LogP contribution in [0, 0.1) is 5.92 Å².